The van der Waals surface area contributed by atoms with Gasteiger partial charge >= 0.3 is 0 Å². The lowest BCUT2D eigenvalue weighted by Gasteiger charge is -2.52. The minimum atomic E-state index is -0.753. The topological polar surface area (TPSA) is 33.7 Å². The molecular formula is C18H17FN2O2S. The van der Waals surface area contributed by atoms with Gasteiger partial charge in [0.2, 0.25) is 0 Å². The first-order valence-electron chi connectivity index (χ1n) is 7.74. The number of thiocarbonyl (C=S) groups is 1. The Morgan fingerprint density at radius 3 is 2.88 bits per heavy atom. The lowest BCUT2D eigenvalue weighted by Crippen LogP contribution is -2.65. The van der Waals surface area contributed by atoms with Gasteiger partial charge in [-0.25, -0.2) is 4.39 Å². The second-order valence-electron chi connectivity index (χ2n) is 6.17. The molecule has 2 heterocycles. The van der Waals surface area contributed by atoms with Crippen LogP contribution in [0.5, 0.6) is 11.5 Å². The van der Waals surface area contributed by atoms with Crippen molar-refractivity contribution in [2.75, 3.05) is 12.0 Å². The van der Waals surface area contributed by atoms with Crippen LogP contribution in [0.15, 0.2) is 42.5 Å². The second kappa shape index (κ2) is 5.34. The van der Waals surface area contributed by atoms with Gasteiger partial charge in [0.25, 0.3) is 0 Å². The van der Waals surface area contributed by atoms with Crippen LogP contribution in [0.4, 0.5) is 10.1 Å². The first kappa shape index (κ1) is 15.2. The normalized spacial score (nSPS) is 24.7. The SMILES string of the molecule is COc1ccc2c(c1)C1CC(C)(O2)N(c2ccccc2F)C(=S)N1. The summed E-state index contributed by atoms with van der Waals surface area (Å²) >= 11 is 5.52. The van der Waals surface area contributed by atoms with E-state index >= 15 is 0 Å². The van der Waals surface area contributed by atoms with E-state index in [1.807, 2.05) is 25.1 Å². The summed E-state index contributed by atoms with van der Waals surface area (Å²) in [4.78, 5) is 1.72. The molecule has 2 aromatic rings. The van der Waals surface area contributed by atoms with Crippen molar-refractivity contribution in [3.8, 4) is 11.5 Å². The Kier molecular flexibility index (Phi) is 3.38. The van der Waals surface area contributed by atoms with Crippen molar-refractivity contribution in [1.29, 1.82) is 0 Å². The molecule has 2 aliphatic rings. The summed E-state index contributed by atoms with van der Waals surface area (Å²) in [5.41, 5.74) is 0.659. The molecule has 0 aliphatic carbocycles. The second-order valence-corrected chi connectivity index (χ2v) is 6.56. The Labute approximate surface area is 145 Å². The van der Waals surface area contributed by atoms with Crippen LogP contribution in [-0.2, 0) is 0 Å². The van der Waals surface area contributed by atoms with E-state index in [0.29, 0.717) is 17.2 Å². The van der Waals surface area contributed by atoms with Gasteiger partial charge in [0, 0.05) is 12.0 Å². The molecule has 4 nitrogen and oxygen atoms in total. The van der Waals surface area contributed by atoms with Gasteiger partial charge in [0.1, 0.15) is 17.3 Å². The molecule has 2 aliphatic heterocycles. The molecule has 124 valence electrons. The Morgan fingerprint density at radius 1 is 1.33 bits per heavy atom. The minimum absolute atomic E-state index is 0.00405. The highest BCUT2D eigenvalue weighted by Crippen LogP contribution is 2.46. The van der Waals surface area contributed by atoms with E-state index in [1.54, 1.807) is 30.2 Å². The van der Waals surface area contributed by atoms with Crippen molar-refractivity contribution in [2.45, 2.75) is 25.1 Å². The van der Waals surface area contributed by atoms with Crippen molar-refractivity contribution in [1.82, 2.24) is 5.32 Å². The monoisotopic (exact) mass is 344 g/mol. The summed E-state index contributed by atoms with van der Waals surface area (Å²) in [6.45, 7) is 1.94. The lowest BCUT2D eigenvalue weighted by atomic mass is 9.90. The number of fused-ring (bicyclic) bond motifs is 4. The van der Waals surface area contributed by atoms with Crippen molar-refractivity contribution in [2.24, 2.45) is 0 Å². The van der Waals surface area contributed by atoms with Crippen LogP contribution in [0.2, 0.25) is 0 Å². The number of nitrogens with one attached hydrogen (secondary N) is 1. The van der Waals surface area contributed by atoms with Crippen LogP contribution in [0, 0.1) is 5.82 Å². The quantitative estimate of drug-likeness (QED) is 0.839. The number of hydrogen-bond acceptors (Lipinski definition) is 3. The zero-order chi connectivity index (χ0) is 16.9. The van der Waals surface area contributed by atoms with Gasteiger partial charge in [0.05, 0.1) is 18.8 Å². The number of para-hydroxylation sites is 1. The van der Waals surface area contributed by atoms with E-state index in [2.05, 4.69) is 5.32 Å². The summed E-state index contributed by atoms with van der Waals surface area (Å²) in [6, 6.07) is 12.3. The van der Waals surface area contributed by atoms with Gasteiger partial charge in [-0.2, -0.15) is 0 Å². The van der Waals surface area contributed by atoms with Crippen LogP contribution in [0.1, 0.15) is 24.9 Å². The Bertz CT molecular complexity index is 828. The first-order chi connectivity index (χ1) is 11.5. The molecule has 0 saturated carbocycles. The average molecular weight is 344 g/mol. The minimum Gasteiger partial charge on any atom is -0.497 e. The van der Waals surface area contributed by atoms with Crippen LogP contribution >= 0.6 is 12.2 Å². The molecule has 1 N–H and O–H groups in total. The van der Waals surface area contributed by atoms with Gasteiger partial charge in [-0.15, -0.1) is 0 Å². The molecule has 2 unspecified atom stereocenters. The standard InChI is InChI=1S/C18H17FN2O2S/c1-18-10-14(12-9-11(22-2)7-8-16(12)23-18)20-17(24)21(18)15-6-4-3-5-13(15)19/h3-9,14H,10H2,1-2H3,(H,20,24). The summed E-state index contributed by atoms with van der Waals surface area (Å²) in [5, 5.41) is 3.76. The van der Waals surface area contributed by atoms with E-state index in [9.17, 15) is 4.39 Å². The summed E-state index contributed by atoms with van der Waals surface area (Å²) in [6.07, 6.45) is 0.641. The Balaban J connectivity index is 1.80. The predicted octanol–water partition coefficient (Wildman–Crippen LogP) is 3.77. The maximum atomic E-state index is 14.3. The van der Waals surface area contributed by atoms with Crippen LogP contribution < -0.4 is 19.7 Å². The van der Waals surface area contributed by atoms with Crippen molar-refractivity contribution >= 4 is 23.0 Å². The van der Waals surface area contributed by atoms with E-state index in [4.69, 9.17) is 21.7 Å². The highest BCUT2D eigenvalue weighted by molar-refractivity contribution is 7.80. The molecule has 24 heavy (non-hydrogen) atoms. The zero-order valence-corrected chi connectivity index (χ0v) is 14.2. The molecule has 0 amide bonds. The smallest absolute Gasteiger partial charge is 0.188 e. The fourth-order valence-electron chi connectivity index (χ4n) is 3.48. The zero-order valence-electron chi connectivity index (χ0n) is 13.4. The number of methoxy groups -OCH3 is 1. The van der Waals surface area contributed by atoms with Gasteiger partial charge in [-0.3, -0.25) is 4.90 Å². The van der Waals surface area contributed by atoms with E-state index in [0.717, 1.165) is 17.1 Å². The number of nitrogens with zero attached hydrogens (tertiary/aromatic N) is 1. The van der Waals surface area contributed by atoms with Crippen LogP contribution in [0.3, 0.4) is 0 Å². The predicted molar refractivity (Wildman–Crippen MR) is 94.0 cm³/mol. The summed E-state index contributed by atoms with van der Waals surface area (Å²) < 4.78 is 25.9. The van der Waals surface area contributed by atoms with E-state index in [1.165, 1.54) is 6.07 Å². The van der Waals surface area contributed by atoms with Gasteiger partial charge in [-0.1, -0.05) is 12.1 Å². The van der Waals surface area contributed by atoms with Crippen LogP contribution in [0.25, 0.3) is 0 Å². The molecule has 0 aromatic heterocycles. The molecule has 2 atom stereocenters. The van der Waals surface area contributed by atoms with Crippen LogP contribution in [-0.4, -0.2) is 17.9 Å². The number of ether oxygens (including phenoxy) is 2. The third-order valence-corrected chi connectivity index (χ3v) is 4.87. The molecule has 2 aromatic carbocycles. The van der Waals surface area contributed by atoms with Crippen molar-refractivity contribution in [3.63, 3.8) is 0 Å². The maximum absolute atomic E-state index is 14.3. The summed E-state index contributed by atoms with van der Waals surface area (Å²) in [7, 11) is 1.63. The number of halogens is 1. The molecule has 1 saturated heterocycles. The average Bonchev–Trinajstić information content (AvgIpc) is 2.55. The van der Waals surface area contributed by atoms with Gasteiger partial charge in [0.15, 0.2) is 10.8 Å². The van der Waals surface area contributed by atoms with Crippen molar-refractivity contribution < 1.29 is 13.9 Å². The van der Waals surface area contributed by atoms with E-state index < -0.39 is 5.72 Å². The first-order valence-corrected chi connectivity index (χ1v) is 8.15. The lowest BCUT2D eigenvalue weighted by molar-refractivity contribution is 0.0491. The molecular weight excluding hydrogens is 327 g/mol. The summed E-state index contributed by atoms with van der Waals surface area (Å²) in [5.74, 6) is 1.20. The third-order valence-electron chi connectivity index (χ3n) is 4.57. The largest absolute Gasteiger partial charge is 0.497 e. The highest BCUT2D eigenvalue weighted by atomic mass is 32.1. The molecule has 0 radical (unpaired) electrons. The maximum Gasteiger partial charge on any atom is 0.188 e. The number of rotatable bonds is 2. The molecule has 4 rings (SSSR count). The van der Waals surface area contributed by atoms with E-state index in [-0.39, 0.29) is 11.9 Å². The van der Waals surface area contributed by atoms with Gasteiger partial charge < -0.3 is 14.8 Å². The third kappa shape index (κ3) is 2.21. The molecule has 0 spiro atoms. The number of hydrogen-bond donors (Lipinski definition) is 1. The highest BCUT2D eigenvalue weighted by Gasteiger charge is 2.48. The molecule has 6 heteroatoms. The fourth-order valence-corrected chi connectivity index (χ4v) is 3.91. The molecule has 2 bridgehead atoms. The number of benzene rings is 2. The number of anilines is 1. The van der Waals surface area contributed by atoms with Gasteiger partial charge in [-0.05, 0) is 49.5 Å². The van der Waals surface area contributed by atoms with Crippen molar-refractivity contribution in [3.05, 3.63) is 53.8 Å². The Hall–Kier alpha value is -2.34. The molecule has 1 fully saturated rings. The fraction of sp³-hybridized carbons (Fsp3) is 0.278. The Morgan fingerprint density at radius 2 is 2.12 bits per heavy atom.